The Labute approximate surface area is 113 Å². The van der Waals surface area contributed by atoms with E-state index in [2.05, 4.69) is 6.58 Å². The van der Waals surface area contributed by atoms with Crippen molar-refractivity contribution in [2.24, 2.45) is 0 Å². The van der Waals surface area contributed by atoms with Crippen LogP contribution in [0, 0.1) is 12.7 Å². The van der Waals surface area contributed by atoms with Gasteiger partial charge in [0.25, 0.3) is 0 Å². The molecule has 0 aliphatic rings. The van der Waals surface area contributed by atoms with Crippen molar-refractivity contribution >= 4 is 11.5 Å². The Morgan fingerprint density at radius 1 is 1.53 bits per heavy atom. The van der Waals surface area contributed by atoms with Crippen molar-refractivity contribution in [3.05, 3.63) is 41.7 Å². The molecule has 0 saturated heterocycles. The molecule has 0 saturated carbocycles. The number of hydrogen-bond donors (Lipinski definition) is 0. The topological polar surface area (TPSA) is 29.5 Å². The molecule has 0 aromatic heterocycles. The molecule has 4 heteroatoms. The standard InChI is InChI=1S/C15H20FNO2/c1-5-6-17(7-8-19-4)15-9-11(2)14(16)10-13(15)12(3)18/h5,9-10H,1,6-8H2,2-4H3. The van der Waals surface area contributed by atoms with Gasteiger partial charge >= 0.3 is 0 Å². The normalized spacial score (nSPS) is 10.3. The number of Topliss-reactive ketones (excluding diaryl/α,β-unsaturated/α-hetero) is 1. The lowest BCUT2D eigenvalue weighted by atomic mass is 10.0. The van der Waals surface area contributed by atoms with Gasteiger partial charge in [0.15, 0.2) is 5.78 Å². The van der Waals surface area contributed by atoms with E-state index in [1.165, 1.54) is 13.0 Å². The molecule has 1 aromatic rings. The Balaban J connectivity index is 3.22. The molecule has 0 radical (unpaired) electrons. The van der Waals surface area contributed by atoms with Crippen molar-refractivity contribution < 1.29 is 13.9 Å². The summed E-state index contributed by atoms with van der Waals surface area (Å²) in [7, 11) is 1.62. The maximum atomic E-state index is 13.6. The smallest absolute Gasteiger partial charge is 0.161 e. The number of carbonyl (C=O) groups is 1. The van der Waals surface area contributed by atoms with Gasteiger partial charge in [-0.3, -0.25) is 4.79 Å². The fourth-order valence-corrected chi connectivity index (χ4v) is 1.88. The second-order valence-electron chi connectivity index (χ2n) is 4.40. The summed E-state index contributed by atoms with van der Waals surface area (Å²) < 4.78 is 18.7. The summed E-state index contributed by atoms with van der Waals surface area (Å²) in [5, 5.41) is 0. The van der Waals surface area contributed by atoms with Crippen LogP contribution in [0.25, 0.3) is 0 Å². The molecule has 0 spiro atoms. The highest BCUT2D eigenvalue weighted by atomic mass is 19.1. The Morgan fingerprint density at radius 3 is 2.74 bits per heavy atom. The largest absolute Gasteiger partial charge is 0.383 e. The van der Waals surface area contributed by atoms with Crippen molar-refractivity contribution in [2.45, 2.75) is 13.8 Å². The highest BCUT2D eigenvalue weighted by molar-refractivity contribution is 6.00. The molecule has 1 rings (SSSR count). The number of hydrogen-bond acceptors (Lipinski definition) is 3. The molecule has 0 fully saturated rings. The van der Waals surface area contributed by atoms with Gasteiger partial charge in [-0.15, -0.1) is 6.58 Å². The van der Waals surface area contributed by atoms with Crippen molar-refractivity contribution in [3.8, 4) is 0 Å². The molecular weight excluding hydrogens is 245 g/mol. The second kappa shape index (κ2) is 7.04. The summed E-state index contributed by atoms with van der Waals surface area (Å²) in [6.07, 6.45) is 1.75. The number of benzene rings is 1. The van der Waals surface area contributed by atoms with Gasteiger partial charge in [0, 0.05) is 31.5 Å². The van der Waals surface area contributed by atoms with Gasteiger partial charge < -0.3 is 9.64 Å². The number of ketones is 1. The van der Waals surface area contributed by atoms with Gasteiger partial charge in [0.2, 0.25) is 0 Å². The number of rotatable bonds is 7. The molecule has 0 bridgehead atoms. The van der Waals surface area contributed by atoms with E-state index in [0.717, 1.165) is 5.69 Å². The van der Waals surface area contributed by atoms with Crippen LogP contribution < -0.4 is 4.90 Å². The van der Waals surface area contributed by atoms with E-state index in [1.807, 2.05) is 4.90 Å². The molecule has 3 nitrogen and oxygen atoms in total. The third-order valence-electron chi connectivity index (χ3n) is 2.91. The van der Waals surface area contributed by atoms with Crippen LogP contribution in [-0.4, -0.2) is 32.6 Å². The first-order chi connectivity index (χ1) is 9.01. The summed E-state index contributed by atoms with van der Waals surface area (Å²) >= 11 is 0. The van der Waals surface area contributed by atoms with Gasteiger partial charge in [0.1, 0.15) is 5.82 Å². The number of ether oxygens (including phenoxy) is 1. The van der Waals surface area contributed by atoms with Gasteiger partial charge in [-0.2, -0.15) is 0 Å². The third kappa shape index (κ3) is 3.89. The van der Waals surface area contributed by atoms with Gasteiger partial charge in [0.05, 0.1) is 6.61 Å². The fraction of sp³-hybridized carbons (Fsp3) is 0.400. The quantitative estimate of drug-likeness (QED) is 0.560. The minimum atomic E-state index is -0.362. The first-order valence-electron chi connectivity index (χ1n) is 6.17. The highest BCUT2D eigenvalue weighted by Crippen LogP contribution is 2.25. The fourth-order valence-electron chi connectivity index (χ4n) is 1.88. The molecule has 0 aliphatic heterocycles. The molecule has 0 aliphatic carbocycles. The van der Waals surface area contributed by atoms with Crippen LogP contribution in [0.5, 0.6) is 0 Å². The molecular formula is C15H20FNO2. The molecule has 0 heterocycles. The summed E-state index contributed by atoms with van der Waals surface area (Å²) in [6, 6.07) is 3.00. The zero-order chi connectivity index (χ0) is 14.4. The third-order valence-corrected chi connectivity index (χ3v) is 2.91. The van der Waals surface area contributed by atoms with Crippen LogP contribution in [0.4, 0.5) is 10.1 Å². The Hall–Kier alpha value is -1.68. The van der Waals surface area contributed by atoms with Crippen LogP contribution in [0.15, 0.2) is 24.8 Å². The number of methoxy groups -OCH3 is 1. The molecule has 0 unspecified atom stereocenters. The van der Waals surface area contributed by atoms with E-state index < -0.39 is 0 Å². The number of halogens is 1. The van der Waals surface area contributed by atoms with Crippen molar-refractivity contribution in [1.82, 2.24) is 0 Å². The van der Waals surface area contributed by atoms with Gasteiger partial charge in [-0.25, -0.2) is 4.39 Å². The van der Waals surface area contributed by atoms with E-state index in [9.17, 15) is 9.18 Å². The molecule has 104 valence electrons. The van der Waals surface area contributed by atoms with E-state index in [4.69, 9.17) is 4.74 Å². The number of carbonyl (C=O) groups excluding carboxylic acids is 1. The Bertz CT molecular complexity index is 471. The van der Waals surface area contributed by atoms with Crippen LogP contribution in [0.3, 0.4) is 0 Å². The molecule has 19 heavy (non-hydrogen) atoms. The summed E-state index contributed by atoms with van der Waals surface area (Å²) in [5.41, 5.74) is 1.64. The zero-order valence-electron chi connectivity index (χ0n) is 11.7. The molecule has 0 amide bonds. The predicted molar refractivity (Wildman–Crippen MR) is 75.4 cm³/mol. The predicted octanol–water partition coefficient (Wildman–Crippen LogP) is 2.98. The number of nitrogens with zero attached hydrogens (tertiary/aromatic N) is 1. The lowest BCUT2D eigenvalue weighted by Gasteiger charge is -2.25. The van der Waals surface area contributed by atoms with Crippen molar-refractivity contribution in [3.63, 3.8) is 0 Å². The average molecular weight is 265 g/mol. The average Bonchev–Trinajstić information content (AvgIpc) is 2.37. The monoisotopic (exact) mass is 265 g/mol. The summed E-state index contributed by atoms with van der Waals surface area (Å²) in [5.74, 6) is -0.514. The van der Waals surface area contributed by atoms with Crippen LogP contribution in [0.2, 0.25) is 0 Å². The van der Waals surface area contributed by atoms with E-state index in [1.54, 1.807) is 26.2 Å². The van der Waals surface area contributed by atoms with Gasteiger partial charge in [-0.1, -0.05) is 6.08 Å². The highest BCUT2D eigenvalue weighted by Gasteiger charge is 2.16. The van der Waals surface area contributed by atoms with Crippen LogP contribution in [0.1, 0.15) is 22.8 Å². The minimum absolute atomic E-state index is 0.152. The number of anilines is 1. The Kier molecular flexibility index (Phi) is 5.70. The van der Waals surface area contributed by atoms with E-state index in [-0.39, 0.29) is 11.6 Å². The second-order valence-corrected chi connectivity index (χ2v) is 4.40. The SMILES string of the molecule is C=CCN(CCOC)c1cc(C)c(F)cc1C(C)=O. The lowest BCUT2D eigenvalue weighted by molar-refractivity contribution is 0.101. The van der Waals surface area contributed by atoms with Crippen LogP contribution >= 0.6 is 0 Å². The minimum Gasteiger partial charge on any atom is -0.383 e. The maximum Gasteiger partial charge on any atom is 0.161 e. The summed E-state index contributed by atoms with van der Waals surface area (Å²) in [4.78, 5) is 13.6. The number of aryl methyl sites for hydroxylation is 1. The van der Waals surface area contributed by atoms with E-state index in [0.29, 0.717) is 30.8 Å². The molecule has 0 N–H and O–H groups in total. The first-order valence-corrected chi connectivity index (χ1v) is 6.17. The maximum absolute atomic E-state index is 13.6. The zero-order valence-corrected chi connectivity index (χ0v) is 11.7. The van der Waals surface area contributed by atoms with E-state index >= 15 is 0 Å². The first kappa shape index (κ1) is 15.4. The molecule has 1 aromatic carbocycles. The van der Waals surface area contributed by atoms with Crippen molar-refractivity contribution in [2.75, 3.05) is 31.7 Å². The summed E-state index contributed by atoms with van der Waals surface area (Å²) in [6.45, 7) is 8.56. The molecule has 0 atom stereocenters. The lowest BCUT2D eigenvalue weighted by Crippen LogP contribution is -2.29. The van der Waals surface area contributed by atoms with Crippen LogP contribution in [-0.2, 0) is 4.74 Å². The van der Waals surface area contributed by atoms with Gasteiger partial charge in [-0.05, 0) is 31.5 Å². The van der Waals surface area contributed by atoms with Crippen molar-refractivity contribution in [1.29, 1.82) is 0 Å². The Morgan fingerprint density at radius 2 is 2.21 bits per heavy atom.